The maximum atomic E-state index is 11.6. The van der Waals surface area contributed by atoms with Gasteiger partial charge in [-0.2, -0.15) is 5.11 Å². The molecule has 3 heterocycles. The van der Waals surface area contributed by atoms with Gasteiger partial charge in [-0.15, -0.1) is 5.11 Å². The minimum Gasteiger partial charge on any atom is -0.744 e. The summed E-state index contributed by atoms with van der Waals surface area (Å²) in [4.78, 5) is 0.643. The number of likely N-dealkylation sites (tertiary alicyclic amines) is 2. The first-order chi connectivity index (χ1) is 37.4. The molecule has 3 aliphatic rings. The van der Waals surface area contributed by atoms with Crippen molar-refractivity contribution in [3.63, 3.8) is 0 Å². The Hall–Kier alpha value is -3.06. The molecule has 3 fully saturated rings. The summed E-state index contributed by atoms with van der Waals surface area (Å²) in [5.41, 5.74) is 0.467. The largest absolute Gasteiger partial charge is 0.744 e. The Labute approximate surface area is 479 Å². The molecule has 6 rings (SSSR count). The SMILES string of the molecule is CCCCCCCCCCCCCCCCCC[N+](C)(C)CC(O)C[NH+]1CC(CC)C(CCC2C[NH2+]CC2CCC2C[N+](C)(C)CC2CC)C1.Cc1cc(C)c(S(=O)(=O)[O-])cc1N=Nc1cc(S(=O)(=O)[O-])c2ccccc2c1O. The van der Waals surface area contributed by atoms with Crippen LogP contribution < -0.4 is 10.2 Å². The topological polar surface area (TPSA) is 201 Å². The molecule has 0 saturated carbocycles. The molecule has 14 nitrogen and oxygen atoms in total. The highest BCUT2D eigenvalue weighted by Crippen LogP contribution is 2.41. The second-order valence-electron chi connectivity index (χ2n) is 26.1. The molecule has 0 amide bonds. The number of nitrogens with zero attached hydrogens (tertiary/aromatic N) is 4. The number of nitrogens with two attached hydrogens (primary N) is 1. The van der Waals surface area contributed by atoms with Crippen LogP contribution in [0.5, 0.6) is 5.75 Å². The summed E-state index contributed by atoms with van der Waals surface area (Å²) in [5.74, 6) is 5.12. The van der Waals surface area contributed by atoms with Crippen LogP contribution in [0.25, 0.3) is 10.8 Å². The predicted molar refractivity (Wildman–Crippen MR) is 318 cm³/mol. The fourth-order valence-electron chi connectivity index (χ4n) is 14.1. The summed E-state index contributed by atoms with van der Waals surface area (Å²) in [7, 11) is 0.00135. The molecule has 0 aromatic heterocycles. The molecule has 3 saturated heterocycles. The van der Waals surface area contributed by atoms with Crippen molar-refractivity contribution in [2.45, 2.75) is 192 Å². The van der Waals surface area contributed by atoms with Crippen LogP contribution in [0.2, 0.25) is 0 Å². The average Bonchev–Trinajstić information content (AvgIpc) is 4.16. The van der Waals surface area contributed by atoms with Gasteiger partial charge in [0.2, 0.25) is 0 Å². The molecule has 3 aromatic carbocycles. The van der Waals surface area contributed by atoms with Gasteiger partial charge in [0.25, 0.3) is 0 Å². The van der Waals surface area contributed by atoms with Gasteiger partial charge in [-0.1, -0.05) is 141 Å². The Morgan fingerprint density at radius 1 is 0.633 bits per heavy atom. The number of phenolic OH excluding ortho intramolecular Hbond substituents is 1. The van der Waals surface area contributed by atoms with E-state index in [2.05, 4.69) is 64.5 Å². The lowest BCUT2D eigenvalue weighted by molar-refractivity contribution is -0.915. The lowest BCUT2D eigenvalue weighted by Crippen LogP contribution is -3.11. The monoisotopic (exact) mass is 1140 g/mol. The van der Waals surface area contributed by atoms with Crippen molar-refractivity contribution in [2.24, 2.45) is 45.7 Å². The van der Waals surface area contributed by atoms with Gasteiger partial charge in [-0.25, -0.2) is 16.8 Å². The van der Waals surface area contributed by atoms with E-state index in [4.69, 9.17) is 0 Å². The highest BCUT2D eigenvalue weighted by Gasteiger charge is 2.42. The van der Waals surface area contributed by atoms with Crippen molar-refractivity contribution in [2.75, 3.05) is 87.1 Å². The molecule has 0 radical (unpaired) electrons. The molecule has 8 atom stereocenters. The van der Waals surface area contributed by atoms with Crippen molar-refractivity contribution in [3.05, 3.63) is 53.6 Å². The first kappa shape index (κ1) is 66.7. The Kier molecular flexibility index (Phi) is 27.1. The van der Waals surface area contributed by atoms with Gasteiger partial charge in [0, 0.05) is 46.3 Å². The highest BCUT2D eigenvalue weighted by atomic mass is 32.2. The van der Waals surface area contributed by atoms with Gasteiger partial charge in [0.15, 0.2) is 11.9 Å². The van der Waals surface area contributed by atoms with E-state index in [1.807, 2.05) is 0 Å². The lowest BCUT2D eigenvalue weighted by atomic mass is 9.80. The van der Waals surface area contributed by atoms with Gasteiger partial charge in [0.05, 0.1) is 89.5 Å². The van der Waals surface area contributed by atoms with Gasteiger partial charge in [-0.3, -0.25) is 0 Å². The number of aryl methyl sites for hydroxylation is 2. The van der Waals surface area contributed by atoms with Crippen LogP contribution in [0, 0.1) is 49.4 Å². The van der Waals surface area contributed by atoms with Gasteiger partial charge >= 0.3 is 0 Å². The molecular weight excluding hydrogens is 1030 g/mol. The number of likely N-dealkylation sites (N-methyl/N-ethyl adjacent to an activating group) is 1. The number of aromatic hydroxyl groups is 1. The zero-order valence-corrected chi connectivity index (χ0v) is 52.2. The molecular formula is C63H108N6O8S2+2. The third kappa shape index (κ3) is 21.9. The summed E-state index contributed by atoms with van der Waals surface area (Å²) < 4.78 is 71.2. The number of rotatable bonds is 33. The molecule has 8 unspecified atom stereocenters. The molecule has 79 heavy (non-hydrogen) atoms. The smallest absolute Gasteiger partial charge is 0.152 e. The summed E-state index contributed by atoms with van der Waals surface area (Å²) >= 11 is 0. The number of phenols is 1. The van der Waals surface area contributed by atoms with Crippen molar-refractivity contribution < 1.29 is 55.3 Å². The normalized spacial score (nSPS) is 23.0. The van der Waals surface area contributed by atoms with Gasteiger partial charge in [0.1, 0.15) is 39.0 Å². The van der Waals surface area contributed by atoms with E-state index in [1.54, 1.807) is 17.9 Å². The molecule has 448 valence electrons. The van der Waals surface area contributed by atoms with Crippen LogP contribution in [0.3, 0.4) is 0 Å². The molecule has 3 aromatic rings. The van der Waals surface area contributed by atoms with E-state index in [0.29, 0.717) is 5.56 Å². The number of aliphatic hydroxyl groups excluding tert-OH is 1. The van der Waals surface area contributed by atoms with Crippen molar-refractivity contribution in [1.82, 2.24) is 0 Å². The van der Waals surface area contributed by atoms with Gasteiger partial charge in [-0.05, 0) is 88.5 Å². The lowest BCUT2D eigenvalue weighted by Gasteiger charge is -2.32. The summed E-state index contributed by atoms with van der Waals surface area (Å²) in [6.07, 6.45) is 31.2. The Balaban J connectivity index is 0.000000334. The second-order valence-corrected chi connectivity index (χ2v) is 28.8. The van der Waals surface area contributed by atoms with Crippen LogP contribution in [0.4, 0.5) is 11.4 Å². The number of quaternary nitrogens is 4. The first-order valence-electron chi connectivity index (χ1n) is 31.1. The second kappa shape index (κ2) is 32.1. The van der Waals surface area contributed by atoms with E-state index < -0.39 is 35.8 Å². The number of aliphatic hydroxyl groups is 1. The van der Waals surface area contributed by atoms with E-state index in [-0.39, 0.29) is 33.8 Å². The minimum absolute atomic E-state index is 0.0316. The number of azo groups is 1. The van der Waals surface area contributed by atoms with Crippen LogP contribution in [-0.2, 0) is 20.2 Å². The van der Waals surface area contributed by atoms with Crippen LogP contribution in [0.1, 0.15) is 173 Å². The summed E-state index contributed by atoms with van der Waals surface area (Å²) in [5, 5.41) is 32.1. The van der Waals surface area contributed by atoms with Crippen LogP contribution in [-0.4, -0.2) is 138 Å². The molecule has 0 spiro atoms. The van der Waals surface area contributed by atoms with Gasteiger partial charge < -0.3 is 38.5 Å². The third-order valence-electron chi connectivity index (χ3n) is 18.5. The number of benzene rings is 3. The van der Waals surface area contributed by atoms with Crippen LogP contribution in [0.15, 0.2) is 62.5 Å². The highest BCUT2D eigenvalue weighted by molar-refractivity contribution is 7.86. The van der Waals surface area contributed by atoms with Crippen LogP contribution >= 0.6 is 0 Å². The number of hydrogen-bond acceptors (Lipinski definition) is 10. The Morgan fingerprint density at radius 3 is 1.65 bits per heavy atom. The van der Waals surface area contributed by atoms with Crippen molar-refractivity contribution in [3.8, 4) is 5.75 Å². The first-order valence-corrected chi connectivity index (χ1v) is 33.9. The molecule has 0 bridgehead atoms. The standard InChI is InChI=1S/C45H92N4O.C18H16N2O7S2/c1-8-11-12-13-14-15-16-17-18-19-20-21-22-23-24-25-30-48(4,5)38-45(50)35-47-33-39(9-2)43(34-47)28-26-41-31-46-32-42(41)27-29-44-37-49(6,7)36-40(44)10-3;1-10-7-11(2)16(28(22,23)24)8-14(10)19-20-15-9-17(29(25,26)27)12-5-3-4-6-13(12)18(15)21/h39-46,50H,8-38H2,1-7H3;3-9,21H,1-2H3,(H,22,23,24)(H,25,26,27)/q+2;. The Morgan fingerprint density at radius 2 is 1.10 bits per heavy atom. The molecule has 5 N–H and O–H groups in total. The maximum Gasteiger partial charge on any atom is 0.152 e. The fourth-order valence-corrected chi connectivity index (χ4v) is 15.5. The summed E-state index contributed by atoms with van der Waals surface area (Å²) in [6, 6.07) is 9.21. The van der Waals surface area contributed by atoms with Crippen molar-refractivity contribution >= 4 is 42.4 Å². The van der Waals surface area contributed by atoms with Crippen molar-refractivity contribution in [1.29, 1.82) is 0 Å². The number of nitrogens with one attached hydrogen (secondary N) is 1. The number of unbranched alkanes of at least 4 members (excludes halogenated alkanes) is 15. The number of hydrogen-bond donors (Lipinski definition) is 4. The predicted octanol–water partition coefficient (Wildman–Crippen LogP) is 10.7. The zero-order valence-electron chi connectivity index (χ0n) is 50.5. The van der Waals surface area contributed by atoms with E-state index in [9.17, 15) is 36.2 Å². The van der Waals surface area contributed by atoms with E-state index in [0.717, 1.165) is 65.2 Å². The molecule has 0 aliphatic carbocycles. The average molecular weight is 1140 g/mol. The molecule has 16 heteroatoms. The molecule has 3 aliphatic heterocycles. The Bertz CT molecular complexity index is 2570. The zero-order chi connectivity index (χ0) is 57.8. The third-order valence-corrected chi connectivity index (χ3v) is 20.3. The number of fused-ring (bicyclic) bond motifs is 1. The minimum atomic E-state index is -4.87. The maximum absolute atomic E-state index is 11.6. The summed E-state index contributed by atoms with van der Waals surface area (Å²) in [6.45, 7) is 21.4. The van der Waals surface area contributed by atoms with E-state index >= 15 is 0 Å². The quantitative estimate of drug-likeness (QED) is 0.0200. The van der Waals surface area contributed by atoms with E-state index in [1.165, 1.54) is 223 Å². The fraction of sp³-hybridized carbons (Fsp3) is 0.746.